The number of hydrogen-bond donors (Lipinski definition) is 1. The molecule has 9 heavy (non-hydrogen) atoms. The van der Waals surface area contributed by atoms with E-state index in [1.165, 1.54) is 19.0 Å². The van der Waals surface area contributed by atoms with E-state index in [0.29, 0.717) is 6.04 Å². The Labute approximate surface area is 60.4 Å². The molecule has 0 aliphatic heterocycles. The van der Waals surface area contributed by atoms with E-state index in [2.05, 4.69) is 25.9 Å². The van der Waals surface area contributed by atoms with Crippen molar-refractivity contribution in [1.29, 1.82) is 0 Å². The Morgan fingerprint density at radius 1 is 1.44 bits per heavy atom. The summed E-state index contributed by atoms with van der Waals surface area (Å²) in [5.74, 6) is 0. The third-order valence-electron chi connectivity index (χ3n) is 1.05. The molecule has 0 saturated carbocycles. The van der Waals surface area contributed by atoms with Crippen LogP contribution in [0.15, 0.2) is 0 Å². The predicted molar refractivity (Wildman–Crippen MR) is 46.4 cm³/mol. The molecule has 1 atom stereocenters. The number of rotatable bonds is 5. The maximum absolute atomic E-state index is 3.41. The summed E-state index contributed by atoms with van der Waals surface area (Å²) in [7, 11) is 0.969. The zero-order chi connectivity index (χ0) is 7.11. The summed E-state index contributed by atoms with van der Waals surface area (Å²) >= 11 is 0. The molecule has 0 bridgehead atoms. The first-order chi connectivity index (χ1) is 4.27. The van der Waals surface area contributed by atoms with Gasteiger partial charge in [-0.2, -0.15) is 0 Å². The molecule has 0 aliphatic carbocycles. The monoisotopic (exact) mass is 147 g/mol. The summed E-state index contributed by atoms with van der Waals surface area (Å²) in [6.45, 7) is 6.62. The summed E-state index contributed by atoms with van der Waals surface area (Å²) in [4.78, 5) is 0. The van der Waals surface area contributed by atoms with Gasteiger partial charge in [0.25, 0.3) is 0 Å². The topological polar surface area (TPSA) is 12.0 Å². The van der Waals surface area contributed by atoms with Crippen LogP contribution in [-0.2, 0) is 0 Å². The van der Waals surface area contributed by atoms with Gasteiger partial charge in [0.1, 0.15) is 0 Å². The second-order valence-corrected chi connectivity index (χ2v) is 3.72. The molecule has 2 heteroatoms. The van der Waals surface area contributed by atoms with Gasteiger partial charge in [-0.1, -0.05) is 22.1 Å². The van der Waals surface area contributed by atoms with Crippen LogP contribution >= 0.6 is 8.73 Å². The Kier molecular flexibility index (Phi) is 6.79. The number of nitrogens with one attached hydrogen (secondary N) is 1. The minimum atomic E-state index is 0.667. The molecule has 0 aromatic heterocycles. The van der Waals surface area contributed by atoms with Gasteiger partial charge in [-0.3, -0.25) is 5.09 Å². The molecule has 0 aliphatic rings. The molecule has 0 rings (SSSR count). The van der Waals surface area contributed by atoms with Gasteiger partial charge in [0.2, 0.25) is 0 Å². The molecule has 0 radical (unpaired) electrons. The summed E-state index contributed by atoms with van der Waals surface area (Å²) in [5, 5.41) is 3.41. The lowest BCUT2D eigenvalue weighted by Crippen LogP contribution is -2.12. The lowest BCUT2D eigenvalue weighted by molar-refractivity contribution is 0.761. The fourth-order valence-corrected chi connectivity index (χ4v) is 1.62. The van der Waals surface area contributed by atoms with Crippen molar-refractivity contribution in [2.75, 3.05) is 6.16 Å². The van der Waals surface area contributed by atoms with Gasteiger partial charge in [-0.05, 0) is 26.4 Å². The van der Waals surface area contributed by atoms with Crippen LogP contribution in [0.2, 0.25) is 0 Å². The average molecular weight is 147 g/mol. The van der Waals surface area contributed by atoms with Crippen LogP contribution in [0.1, 0.15) is 33.6 Å². The fraction of sp³-hybridized carbons (Fsp3) is 1.00. The van der Waals surface area contributed by atoms with E-state index >= 15 is 0 Å². The highest BCUT2D eigenvalue weighted by atomic mass is 31.1. The summed E-state index contributed by atoms with van der Waals surface area (Å²) in [6.07, 6.45) is 4.06. The van der Waals surface area contributed by atoms with Gasteiger partial charge in [0.05, 0.1) is 0 Å². The first kappa shape index (κ1) is 9.39. The molecule has 1 unspecified atom stereocenters. The van der Waals surface area contributed by atoms with Crippen molar-refractivity contribution >= 4 is 8.73 Å². The lowest BCUT2D eigenvalue weighted by atomic mass is 10.4. The summed E-state index contributed by atoms with van der Waals surface area (Å²) < 4.78 is 0. The molecule has 1 N–H and O–H groups in total. The molecule has 0 fully saturated rings. The highest BCUT2D eigenvalue weighted by Crippen LogP contribution is 2.07. The smallest absolute Gasteiger partial charge is 0.00445 e. The number of unbranched alkanes of at least 4 members (excludes halogenated alkanes) is 1. The highest BCUT2D eigenvalue weighted by Gasteiger charge is 1.89. The quantitative estimate of drug-likeness (QED) is 0.465. The van der Waals surface area contributed by atoms with Gasteiger partial charge in [0.15, 0.2) is 0 Å². The van der Waals surface area contributed by atoms with Crippen molar-refractivity contribution in [2.24, 2.45) is 0 Å². The number of hydrogen-bond acceptors (Lipinski definition) is 1. The van der Waals surface area contributed by atoms with Gasteiger partial charge >= 0.3 is 0 Å². The molecule has 0 amide bonds. The van der Waals surface area contributed by atoms with E-state index in [1.54, 1.807) is 0 Å². The third-order valence-corrected chi connectivity index (χ3v) is 2.43. The third kappa shape index (κ3) is 8.39. The Hall–Kier alpha value is 0.390. The largest absolute Gasteiger partial charge is 0.296 e. The van der Waals surface area contributed by atoms with Crippen molar-refractivity contribution in [3.8, 4) is 0 Å². The highest BCUT2D eigenvalue weighted by molar-refractivity contribution is 7.35. The average Bonchev–Trinajstić information content (AvgIpc) is 1.80. The minimum Gasteiger partial charge on any atom is -0.296 e. The zero-order valence-electron chi connectivity index (χ0n) is 6.70. The van der Waals surface area contributed by atoms with Crippen LogP contribution in [0.5, 0.6) is 0 Å². The summed E-state index contributed by atoms with van der Waals surface area (Å²) in [5.41, 5.74) is 0. The summed E-state index contributed by atoms with van der Waals surface area (Å²) in [6, 6.07) is 0.667. The molecule has 0 saturated heterocycles. The molecular formula is C7H18NP. The van der Waals surface area contributed by atoms with Gasteiger partial charge in [-0.15, -0.1) is 0 Å². The second-order valence-electron chi connectivity index (χ2n) is 2.58. The maximum Gasteiger partial charge on any atom is 0.00445 e. The van der Waals surface area contributed by atoms with E-state index in [9.17, 15) is 0 Å². The van der Waals surface area contributed by atoms with Crippen molar-refractivity contribution in [2.45, 2.75) is 39.7 Å². The standard InChI is InChI=1S/C7H18NP/c1-4-5-6-9-8-7(2)3/h7-9H,4-6H2,1-3H3. The van der Waals surface area contributed by atoms with Crippen LogP contribution in [0.3, 0.4) is 0 Å². The van der Waals surface area contributed by atoms with Gasteiger partial charge in [0, 0.05) is 6.04 Å². The van der Waals surface area contributed by atoms with Crippen molar-refractivity contribution in [3.05, 3.63) is 0 Å². The van der Waals surface area contributed by atoms with Crippen molar-refractivity contribution in [3.63, 3.8) is 0 Å². The zero-order valence-corrected chi connectivity index (χ0v) is 7.70. The maximum atomic E-state index is 3.41. The Morgan fingerprint density at radius 3 is 2.56 bits per heavy atom. The Morgan fingerprint density at radius 2 is 2.11 bits per heavy atom. The molecule has 56 valence electrons. The van der Waals surface area contributed by atoms with Crippen LogP contribution in [0.25, 0.3) is 0 Å². The molecule has 0 heterocycles. The normalized spacial score (nSPS) is 12.0. The van der Waals surface area contributed by atoms with Crippen molar-refractivity contribution in [1.82, 2.24) is 5.09 Å². The van der Waals surface area contributed by atoms with E-state index < -0.39 is 0 Å². The van der Waals surface area contributed by atoms with Gasteiger partial charge in [-0.25, -0.2) is 0 Å². The first-order valence-corrected chi connectivity index (χ1v) is 4.96. The molecule has 1 nitrogen and oxygen atoms in total. The van der Waals surface area contributed by atoms with E-state index in [1.807, 2.05) is 0 Å². The molecule has 0 aromatic carbocycles. The van der Waals surface area contributed by atoms with Gasteiger partial charge < -0.3 is 0 Å². The van der Waals surface area contributed by atoms with Crippen molar-refractivity contribution < 1.29 is 0 Å². The minimum absolute atomic E-state index is 0.667. The van der Waals surface area contributed by atoms with E-state index in [4.69, 9.17) is 0 Å². The fourth-order valence-electron chi connectivity index (χ4n) is 0.541. The van der Waals surface area contributed by atoms with Crippen LogP contribution in [-0.4, -0.2) is 12.2 Å². The predicted octanol–water partition coefficient (Wildman–Crippen LogP) is 2.38. The second kappa shape index (κ2) is 6.51. The van der Waals surface area contributed by atoms with E-state index in [0.717, 1.165) is 8.73 Å². The lowest BCUT2D eigenvalue weighted by Gasteiger charge is -2.05. The first-order valence-electron chi connectivity index (χ1n) is 3.75. The van der Waals surface area contributed by atoms with Crippen LogP contribution < -0.4 is 5.09 Å². The molecule has 0 spiro atoms. The molecule has 0 aromatic rings. The Balaban J connectivity index is 2.75. The van der Waals surface area contributed by atoms with Crippen LogP contribution in [0.4, 0.5) is 0 Å². The Bertz CT molecular complexity index is 54.9. The SMILES string of the molecule is CCCCPNC(C)C. The van der Waals surface area contributed by atoms with Crippen LogP contribution in [0, 0.1) is 0 Å². The van der Waals surface area contributed by atoms with E-state index in [-0.39, 0.29) is 0 Å². The molecular weight excluding hydrogens is 129 g/mol.